The largest absolute Gasteiger partial charge is 0.493 e. The topological polar surface area (TPSA) is 89.1 Å². The van der Waals surface area contributed by atoms with Crippen molar-refractivity contribution in [1.82, 2.24) is 15.0 Å². The third-order valence-electron chi connectivity index (χ3n) is 6.05. The van der Waals surface area contributed by atoms with Crippen molar-refractivity contribution in [3.05, 3.63) is 59.3 Å². The van der Waals surface area contributed by atoms with E-state index in [1.807, 2.05) is 30.5 Å². The number of fused-ring (bicyclic) bond motifs is 2. The smallest absolute Gasteiger partial charge is 0.225 e. The highest BCUT2D eigenvalue weighted by atomic mass is 16.5. The number of anilines is 1. The Labute approximate surface area is 187 Å². The molecule has 0 fully saturated rings. The maximum atomic E-state index is 11.7. The Bertz CT molecular complexity index is 1140. The van der Waals surface area contributed by atoms with E-state index in [1.54, 1.807) is 6.20 Å². The van der Waals surface area contributed by atoms with E-state index >= 15 is 0 Å². The monoisotopic (exact) mass is 432 g/mol. The van der Waals surface area contributed by atoms with Crippen molar-refractivity contribution in [2.75, 3.05) is 11.9 Å². The number of hydrogen-bond acceptors (Lipinski definition) is 5. The number of aromatic nitrogens is 3. The van der Waals surface area contributed by atoms with Crippen LogP contribution in [0.3, 0.4) is 0 Å². The molecule has 7 heteroatoms. The summed E-state index contributed by atoms with van der Waals surface area (Å²) in [6.45, 7) is 5.08. The van der Waals surface area contributed by atoms with E-state index in [2.05, 4.69) is 29.1 Å². The maximum absolute atomic E-state index is 11.7. The lowest BCUT2D eigenvalue weighted by Gasteiger charge is -2.25. The first-order valence-electron chi connectivity index (χ1n) is 11.3. The quantitative estimate of drug-likeness (QED) is 0.585. The first kappa shape index (κ1) is 20.5. The van der Waals surface area contributed by atoms with Gasteiger partial charge in [0, 0.05) is 24.4 Å². The molecular weight excluding hydrogens is 404 g/mol. The predicted molar refractivity (Wildman–Crippen MR) is 121 cm³/mol. The van der Waals surface area contributed by atoms with Crippen LogP contribution in [0.25, 0.3) is 0 Å². The molecule has 2 aliphatic rings. The summed E-state index contributed by atoms with van der Waals surface area (Å²) in [5.41, 5.74) is 3.16. The molecule has 5 rings (SSSR count). The van der Waals surface area contributed by atoms with Crippen molar-refractivity contribution in [1.29, 1.82) is 0 Å². The average molecular weight is 433 g/mol. The molecule has 0 radical (unpaired) electrons. The van der Waals surface area contributed by atoms with E-state index in [9.17, 15) is 4.79 Å². The minimum Gasteiger partial charge on any atom is -0.493 e. The van der Waals surface area contributed by atoms with E-state index in [4.69, 9.17) is 14.5 Å². The molecule has 0 aliphatic carbocycles. The highest BCUT2D eigenvalue weighted by Gasteiger charge is 2.25. The number of aryl methyl sites for hydroxylation is 1. The number of pyridine rings is 1. The summed E-state index contributed by atoms with van der Waals surface area (Å²) in [5.74, 6) is 4.79. The highest BCUT2D eigenvalue weighted by Crippen LogP contribution is 2.37. The maximum Gasteiger partial charge on any atom is 0.225 e. The lowest BCUT2D eigenvalue weighted by Crippen LogP contribution is -2.21. The van der Waals surface area contributed by atoms with E-state index in [-0.39, 0.29) is 11.8 Å². The van der Waals surface area contributed by atoms with Gasteiger partial charge in [-0.25, -0.2) is 9.97 Å². The number of benzene rings is 1. The molecule has 0 bridgehead atoms. The summed E-state index contributed by atoms with van der Waals surface area (Å²) in [4.78, 5) is 24.1. The van der Waals surface area contributed by atoms with E-state index < -0.39 is 0 Å². The molecule has 0 saturated carbocycles. The van der Waals surface area contributed by atoms with Crippen molar-refractivity contribution in [3.8, 4) is 17.2 Å². The lowest BCUT2D eigenvalue weighted by atomic mass is 9.96. The number of amides is 1. The Morgan fingerprint density at radius 1 is 1.25 bits per heavy atom. The van der Waals surface area contributed by atoms with E-state index in [0.717, 1.165) is 59.2 Å². The van der Waals surface area contributed by atoms with Gasteiger partial charge >= 0.3 is 0 Å². The van der Waals surface area contributed by atoms with Crippen LogP contribution in [0.15, 0.2) is 36.7 Å². The Morgan fingerprint density at radius 3 is 3.03 bits per heavy atom. The van der Waals surface area contributed by atoms with Gasteiger partial charge in [0.05, 0.1) is 18.2 Å². The van der Waals surface area contributed by atoms with Crippen LogP contribution in [-0.2, 0) is 24.1 Å². The zero-order chi connectivity index (χ0) is 22.1. The molecule has 2 aromatic heterocycles. The van der Waals surface area contributed by atoms with Gasteiger partial charge < -0.3 is 19.8 Å². The van der Waals surface area contributed by atoms with Crippen LogP contribution in [0.5, 0.6) is 17.2 Å². The zero-order valence-electron chi connectivity index (χ0n) is 18.5. The molecule has 7 nitrogen and oxygen atoms in total. The molecule has 1 unspecified atom stereocenters. The van der Waals surface area contributed by atoms with E-state index in [1.165, 1.54) is 0 Å². The summed E-state index contributed by atoms with van der Waals surface area (Å²) in [5, 5.41) is 2.82. The van der Waals surface area contributed by atoms with Gasteiger partial charge in [0.1, 0.15) is 28.9 Å². The summed E-state index contributed by atoms with van der Waals surface area (Å²) >= 11 is 0. The van der Waals surface area contributed by atoms with Crippen LogP contribution < -0.4 is 14.8 Å². The lowest BCUT2D eigenvalue weighted by molar-refractivity contribution is -0.116. The van der Waals surface area contributed by atoms with E-state index in [0.29, 0.717) is 31.2 Å². The summed E-state index contributed by atoms with van der Waals surface area (Å²) in [7, 11) is 0. The molecule has 1 aromatic carbocycles. The van der Waals surface area contributed by atoms with Gasteiger partial charge in [0.15, 0.2) is 0 Å². The standard InChI is InChI=1S/C25H28N4O3/c1-15(2)3-4-18-13-27-24(28-18)17-11-16-12-19(5-7-21(16)31-14-17)32-22-9-10-26-25-20(22)6-8-23(30)29-25/h5,7,9-10,12-13,15,17H,3-4,6,8,11,14H2,1-2H3,(H,27,28)(H,26,29,30). The van der Waals surface area contributed by atoms with Crippen molar-refractivity contribution in [2.24, 2.45) is 5.92 Å². The molecule has 1 atom stereocenters. The van der Waals surface area contributed by atoms with Crippen molar-refractivity contribution < 1.29 is 14.3 Å². The normalized spacial score (nSPS) is 17.3. The minimum atomic E-state index is -0.00980. The van der Waals surface area contributed by atoms with Crippen LogP contribution in [-0.4, -0.2) is 27.5 Å². The molecule has 32 heavy (non-hydrogen) atoms. The van der Waals surface area contributed by atoms with Crippen molar-refractivity contribution >= 4 is 11.7 Å². The minimum absolute atomic E-state index is 0.00980. The number of imidazole rings is 1. The summed E-state index contributed by atoms with van der Waals surface area (Å²) in [6, 6.07) is 7.77. The van der Waals surface area contributed by atoms with Crippen LogP contribution in [0, 0.1) is 5.92 Å². The Morgan fingerprint density at radius 2 is 2.16 bits per heavy atom. The molecule has 0 spiro atoms. The number of aromatic amines is 1. The number of H-pyrrole nitrogens is 1. The SMILES string of the molecule is CC(C)CCc1c[nH]c(C2COc3ccc(Oc4ccnc5c4CCC(=O)N5)cc3C2)n1. The fourth-order valence-corrected chi connectivity index (χ4v) is 4.24. The molecular formula is C25H28N4O3. The van der Waals surface area contributed by atoms with Gasteiger partial charge in [0.2, 0.25) is 5.91 Å². The fraction of sp³-hybridized carbons (Fsp3) is 0.400. The zero-order valence-corrected chi connectivity index (χ0v) is 18.5. The molecule has 166 valence electrons. The number of carbonyl (C=O) groups excluding carboxylic acids is 1. The number of ether oxygens (including phenoxy) is 2. The third-order valence-corrected chi connectivity index (χ3v) is 6.05. The number of nitrogens with one attached hydrogen (secondary N) is 2. The molecule has 3 aromatic rings. The number of rotatable bonds is 6. The summed E-state index contributed by atoms with van der Waals surface area (Å²) < 4.78 is 12.2. The van der Waals surface area contributed by atoms with Crippen LogP contribution in [0.4, 0.5) is 5.82 Å². The Hall–Kier alpha value is -3.35. The molecule has 2 N–H and O–H groups in total. The average Bonchev–Trinajstić information content (AvgIpc) is 3.26. The van der Waals surface area contributed by atoms with Gasteiger partial charge in [-0.05, 0) is 61.4 Å². The van der Waals surface area contributed by atoms with Gasteiger partial charge in [-0.2, -0.15) is 0 Å². The van der Waals surface area contributed by atoms with Gasteiger partial charge in [0.25, 0.3) is 0 Å². The first-order valence-corrected chi connectivity index (χ1v) is 11.3. The molecule has 0 saturated heterocycles. The van der Waals surface area contributed by atoms with Crippen LogP contribution in [0.2, 0.25) is 0 Å². The second-order valence-corrected chi connectivity index (χ2v) is 8.98. The fourth-order valence-electron chi connectivity index (χ4n) is 4.24. The Kier molecular flexibility index (Phi) is 5.55. The van der Waals surface area contributed by atoms with Gasteiger partial charge in [-0.1, -0.05) is 13.8 Å². The molecule has 2 aliphatic heterocycles. The third kappa shape index (κ3) is 4.33. The van der Waals surface area contributed by atoms with Crippen LogP contribution >= 0.6 is 0 Å². The Balaban J connectivity index is 1.32. The molecule has 1 amide bonds. The van der Waals surface area contributed by atoms with Gasteiger partial charge in [-0.15, -0.1) is 0 Å². The van der Waals surface area contributed by atoms with Crippen molar-refractivity contribution in [2.45, 2.75) is 51.9 Å². The molecule has 4 heterocycles. The second kappa shape index (κ2) is 8.65. The number of hydrogen-bond donors (Lipinski definition) is 2. The van der Waals surface area contributed by atoms with Crippen LogP contribution in [0.1, 0.15) is 55.3 Å². The van der Waals surface area contributed by atoms with Gasteiger partial charge in [-0.3, -0.25) is 4.79 Å². The number of nitrogens with zero attached hydrogens (tertiary/aromatic N) is 2. The number of carbonyl (C=O) groups is 1. The van der Waals surface area contributed by atoms with Crippen molar-refractivity contribution in [3.63, 3.8) is 0 Å². The first-order chi connectivity index (χ1) is 15.5. The second-order valence-electron chi connectivity index (χ2n) is 8.98. The highest BCUT2D eigenvalue weighted by molar-refractivity contribution is 5.93. The predicted octanol–water partition coefficient (Wildman–Crippen LogP) is 4.79. The summed E-state index contributed by atoms with van der Waals surface area (Å²) in [6.07, 6.45) is 7.72.